The Bertz CT molecular complexity index is 510. The summed E-state index contributed by atoms with van der Waals surface area (Å²) in [6.07, 6.45) is 1.94. The van der Waals surface area contributed by atoms with Gasteiger partial charge in [0.25, 0.3) is 0 Å². The molecule has 2 rings (SSSR count). The quantitative estimate of drug-likeness (QED) is 0.705. The highest BCUT2D eigenvalue weighted by atomic mass is 35.5. The molecule has 1 aromatic heterocycles. The SMILES string of the molecule is CC(C)Cc1ccc(CC(C)c2ccc(Cl)cc2)o1. The molecule has 2 aromatic rings. The summed E-state index contributed by atoms with van der Waals surface area (Å²) in [5.41, 5.74) is 1.30. The lowest BCUT2D eigenvalue weighted by Crippen LogP contribution is -1.97. The lowest BCUT2D eigenvalue weighted by molar-refractivity contribution is 0.431. The number of furan rings is 1. The summed E-state index contributed by atoms with van der Waals surface area (Å²) in [4.78, 5) is 0. The molecular formula is C17H21ClO. The summed E-state index contributed by atoms with van der Waals surface area (Å²) in [5.74, 6) is 3.23. The van der Waals surface area contributed by atoms with Crippen LogP contribution in [-0.4, -0.2) is 0 Å². The van der Waals surface area contributed by atoms with Crippen LogP contribution in [0.3, 0.4) is 0 Å². The molecule has 0 amide bonds. The smallest absolute Gasteiger partial charge is 0.104 e. The van der Waals surface area contributed by atoms with Crippen LogP contribution < -0.4 is 0 Å². The fourth-order valence-electron chi connectivity index (χ4n) is 2.26. The first-order valence-electron chi connectivity index (χ1n) is 6.87. The van der Waals surface area contributed by atoms with Gasteiger partial charge in [0.2, 0.25) is 0 Å². The van der Waals surface area contributed by atoms with Crippen molar-refractivity contribution in [2.75, 3.05) is 0 Å². The van der Waals surface area contributed by atoms with Gasteiger partial charge in [0.15, 0.2) is 0 Å². The highest BCUT2D eigenvalue weighted by Gasteiger charge is 2.10. The molecule has 1 nitrogen and oxygen atoms in total. The maximum Gasteiger partial charge on any atom is 0.104 e. The topological polar surface area (TPSA) is 13.1 Å². The van der Waals surface area contributed by atoms with E-state index in [1.165, 1.54) is 5.56 Å². The van der Waals surface area contributed by atoms with Crippen LogP contribution in [0.5, 0.6) is 0 Å². The minimum Gasteiger partial charge on any atom is -0.466 e. The number of rotatable bonds is 5. The Morgan fingerprint density at radius 3 is 2.05 bits per heavy atom. The second-order valence-corrected chi connectivity index (χ2v) is 6.06. The predicted octanol–water partition coefficient (Wildman–Crippen LogP) is 5.48. The minimum absolute atomic E-state index is 0.440. The van der Waals surface area contributed by atoms with Gasteiger partial charge >= 0.3 is 0 Å². The Labute approximate surface area is 120 Å². The van der Waals surface area contributed by atoms with Gasteiger partial charge < -0.3 is 4.42 Å². The van der Waals surface area contributed by atoms with E-state index >= 15 is 0 Å². The van der Waals surface area contributed by atoms with E-state index in [4.69, 9.17) is 16.0 Å². The molecule has 102 valence electrons. The molecule has 1 atom stereocenters. The molecule has 2 heteroatoms. The molecule has 0 spiro atoms. The van der Waals surface area contributed by atoms with Crippen molar-refractivity contribution in [3.63, 3.8) is 0 Å². The van der Waals surface area contributed by atoms with Crippen molar-refractivity contribution in [2.24, 2.45) is 5.92 Å². The highest BCUT2D eigenvalue weighted by molar-refractivity contribution is 6.30. The molecule has 0 aliphatic rings. The summed E-state index contributed by atoms with van der Waals surface area (Å²) < 4.78 is 5.88. The zero-order valence-electron chi connectivity index (χ0n) is 11.8. The lowest BCUT2D eigenvalue weighted by atomic mass is 9.97. The van der Waals surface area contributed by atoms with Gasteiger partial charge in [0.05, 0.1) is 0 Å². The van der Waals surface area contributed by atoms with Crippen molar-refractivity contribution in [1.82, 2.24) is 0 Å². The average Bonchev–Trinajstić information content (AvgIpc) is 2.76. The average molecular weight is 277 g/mol. The minimum atomic E-state index is 0.440. The molecule has 0 radical (unpaired) electrons. The van der Waals surface area contributed by atoms with Crippen molar-refractivity contribution in [2.45, 2.75) is 39.5 Å². The van der Waals surface area contributed by atoms with E-state index in [0.717, 1.165) is 29.4 Å². The van der Waals surface area contributed by atoms with Crippen molar-refractivity contribution in [1.29, 1.82) is 0 Å². The van der Waals surface area contributed by atoms with E-state index in [1.807, 2.05) is 12.1 Å². The van der Waals surface area contributed by atoms with Crippen molar-refractivity contribution in [3.8, 4) is 0 Å². The van der Waals surface area contributed by atoms with Gasteiger partial charge in [-0.3, -0.25) is 0 Å². The summed E-state index contributed by atoms with van der Waals surface area (Å²) >= 11 is 5.91. The van der Waals surface area contributed by atoms with Crippen LogP contribution in [0.2, 0.25) is 5.02 Å². The molecule has 1 heterocycles. The lowest BCUT2D eigenvalue weighted by Gasteiger charge is -2.10. The Morgan fingerprint density at radius 2 is 1.47 bits per heavy atom. The van der Waals surface area contributed by atoms with Crippen molar-refractivity contribution >= 4 is 11.6 Å². The molecule has 1 unspecified atom stereocenters. The zero-order valence-corrected chi connectivity index (χ0v) is 12.6. The summed E-state index contributed by atoms with van der Waals surface area (Å²) in [5, 5.41) is 0.785. The third-order valence-corrected chi connectivity index (χ3v) is 3.53. The van der Waals surface area contributed by atoms with Crippen LogP contribution in [-0.2, 0) is 12.8 Å². The van der Waals surface area contributed by atoms with Crippen LogP contribution in [0.1, 0.15) is 43.8 Å². The van der Waals surface area contributed by atoms with Gasteiger partial charge in [-0.2, -0.15) is 0 Å². The van der Waals surface area contributed by atoms with E-state index < -0.39 is 0 Å². The standard InChI is InChI=1S/C17H21ClO/c1-12(2)10-16-8-9-17(19-16)11-13(3)14-4-6-15(18)7-5-14/h4-9,12-13H,10-11H2,1-3H3. The maximum atomic E-state index is 5.91. The van der Waals surface area contributed by atoms with Crippen LogP contribution in [0, 0.1) is 5.92 Å². The number of hydrogen-bond acceptors (Lipinski definition) is 1. The van der Waals surface area contributed by atoms with E-state index in [0.29, 0.717) is 11.8 Å². The first-order chi connectivity index (χ1) is 9.04. The molecule has 0 fully saturated rings. The number of benzene rings is 1. The Kier molecular flexibility index (Phi) is 4.71. The molecule has 19 heavy (non-hydrogen) atoms. The summed E-state index contributed by atoms with van der Waals surface area (Å²) in [6.45, 7) is 6.63. The summed E-state index contributed by atoms with van der Waals surface area (Å²) in [6, 6.07) is 12.3. The molecule has 0 saturated carbocycles. The second-order valence-electron chi connectivity index (χ2n) is 5.62. The van der Waals surface area contributed by atoms with Gasteiger partial charge in [-0.15, -0.1) is 0 Å². The molecule has 0 aliphatic heterocycles. The highest BCUT2D eigenvalue weighted by Crippen LogP contribution is 2.23. The fraction of sp³-hybridized carbons (Fsp3) is 0.412. The van der Waals surface area contributed by atoms with Gasteiger partial charge in [-0.25, -0.2) is 0 Å². The van der Waals surface area contributed by atoms with Gasteiger partial charge in [-0.05, 0) is 41.7 Å². The second kappa shape index (κ2) is 6.29. The van der Waals surface area contributed by atoms with Crippen LogP contribution >= 0.6 is 11.6 Å². The van der Waals surface area contributed by atoms with Crippen molar-refractivity contribution in [3.05, 3.63) is 58.5 Å². The van der Waals surface area contributed by atoms with E-state index in [2.05, 4.69) is 45.0 Å². The van der Waals surface area contributed by atoms with Gasteiger partial charge in [0.1, 0.15) is 11.5 Å². The predicted molar refractivity (Wildman–Crippen MR) is 80.8 cm³/mol. The molecule has 0 N–H and O–H groups in total. The Hall–Kier alpha value is -1.21. The third-order valence-electron chi connectivity index (χ3n) is 3.27. The summed E-state index contributed by atoms with van der Waals surface area (Å²) in [7, 11) is 0. The first kappa shape index (κ1) is 14.2. The van der Waals surface area contributed by atoms with Crippen LogP contribution in [0.4, 0.5) is 0 Å². The molecule has 0 bridgehead atoms. The van der Waals surface area contributed by atoms with Crippen LogP contribution in [0.15, 0.2) is 40.8 Å². The van der Waals surface area contributed by atoms with Gasteiger partial charge in [0, 0.05) is 17.9 Å². The first-order valence-corrected chi connectivity index (χ1v) is 7.25. The Balaban J connectivity index is 2.00. The zero-order chi connectivity index (χ0) is 13.8. The van der Waals surface area contributed by atoms with E-state index in [1.54, 1.807) is 0 Å². The van der Waals surface area contributed by atoms with E-state index in [9.17, 15) is 0 Å². The molecular weight excluding hydrogens is 256 g/mol. The monoisotopic (exact) mass is 276 g/mol. The largest absolute Gasteiger partial charge is 0.466 e. The third kappa shape index (κ3) is 4.14. The van der Waals surface area contributed by atoms with Crippen molar-refractivity contribution < 1.29 is 4.42 Å². The fourth-order valence-corrected chi connectivity index (χ4v) is 2.38. The maximum absolute atomic E-state index is 5.91. The number of halogens is 1. The normalized spacial score (nSPS) is 12.9. The number of hydrogen-bond donors (Lipinski definition) is 0. The molecule has 1 aromatic carbocycles. The van der Waals surface area contributed by atoms with Gasteiger partial charge in [-0.1, -0.05) is 44.5 Å². The Morgan fingerprint density at radius 1 is 0.895 bits per heavy atom. The molecule has 0 saturated heterocycles. The van der Waals surface area contributed by atoms with E-state index in [-0.39, 0.29) is 0 Å². The van der Waals surface area contributed by atoms with Crippen LogP contribution in [0.25, 0.3) is 0 Å². The molecule has 0 aliphatic carbocycles.